The summed E-state index contributed by atoms with van der Waals surface area (Å²) in [7, 11) is 1.62. The number of benzene rings is 2. The van der Waals surface area contributed by atoms with Gasteiger partial charge in [0.15, 0.2) is 0 Å². The Morgan fingerprint density at radius 2 is 2.08 bits per heavy atom. The monoisotopic (exact) mass is 507 g/mol. The van der Waals surface area contributed by atoms with Gasteiger partial charge in [0.2, 0.25) is 11.8 Å². The topological polar surface area (TPSA) is 106 Å². The van der Waals surface area contributed by atoms with Gasteiger partial charge in [-0.3, -0.25) is 14.6 Å². The number of anilines is 2. The van der Waals surface area contributed by atoms with E-state index >= 15 is 0 Å². The van der Waals surface area contributed by atoms with Crippen LogP contribution in [0.1, 0.15) is 6.42 Å². The average molecular weight is 508 g/mol. The Morgan fingerprint density at radius 3 is 2.97 bits per heavy atom. The Balaban J connectivity index is 1.08. The lowest BCUT2D eigenvalue weighted by Crippen LogP contribution is -2.34. The summed E-state index contributed by atoms with van der Waals surface area (Å²) in [5.41, 5.74) is 2.26. The fourth-order valence-corrected chi connectivity index (χ4v) is 5.59. The standard InChI is InChI=1S/C25H25N5O5S/c1-33-16-3-4-20-19(9-16)24(27-14-26-20)34-17-6-7-29(10-17)11-18-12-30(25(32)35-18)15-2-5-22-21(8-15)28-23(31)13-36-22/h2-5,8-9,14,17-18H,6-7,10-13H2,1H3,(H,28,31)/t17-,18-/m1/s1. The minimum Gasteiger partial charge on any atom is -0.497 e. The third-order valence-electron chi connectivity index (χ3n) is 6.56. The van der Waals surface area contributed by atoms with Crippen molar-refractivity contribution in [1.82, 2.24) is 14.9 Å². The molecule has 3 aliphatic heterocycles. The number of ether oxygens (including phenoxy) is 3. The lowest BCUT2D eigenvalue weighted by molar-refractivity contribution is -0.113. The molecule has 0 aliphatic carbocycles. The van der Waals surface area contributed by atoms with Gasteiger partial charge in [-0.25, -0.2) is 14.8 Å². The first-order valence-corrected chi connectivity index (χ1v) is 12.8. The first kappa shape index (κ1) is 22.9. The summed E-state index contributed by atoms with van der Waals surface area (Å²) < 4.78 is 17.3. The highest BCUT2D eigenvalue weighted by Gasteiger charge is 2.36. The summed E-state index contributed by atoms with van der Waals surface area (Å²) in [6.07, 6.45) is 1.71. The summed E-state index contributed by atoms with van der Waals surface area (Å²) in [5, 5.41) is 3.69. The van der Waals surface area contributed by atoms with Crippen molar-refractivity contribution in [2.24, 2.45) is 0 Å². The number of cyclic esters (lactones) is 1. The lowest BCUT2D eigenvalue weighted by atomic mass is 10.2. The number of aromatic nitrogens is 2. The van der Waals surface area contributed by atoms with Crippen LogP contribution in [0, 0.1) is 0 Å². The number of carbonyl (C=O) groups excluding carboxylic acids is 2. The van der Waals surface area contributed by atoms with Crippen molar-refractivity contribution in [3.8, 4) is 11.6 Å². The maximum atomic E-state index is 12.6. The number of nitrogens with one attached hydrogen (secondary N) is 1. The summed E-state index contributed by atoms with van der Waals surface area (Å²) in [5.74, 6) is 1.64. The molecule has 11 heteroatoms. The number of hydrogen-bond acceptors (Lipinski definition) is 9. The molecule has 6 rings (SSSR count). The second kappa shape index (κ2) is 9.47. The maximum Gasteiger partial charge on any atom is 0.414 e. The summed E-state index contributed by atoms with van der Waals surface area (Å²) in [6.45, 7) is 2.63. The van der Waals surface area contributed by atoms with Gasteiger partial charge >= 0.3 is 6.09 Å². The Morgan fingerprint density at radius 1 is 1.17 bits per heavy atom. The van der Waals surface area contributed by atoms with Gasteiger partial charge in [0.05, 0.1) is 36.0 Å². The molecule has 3 aliphatic rings. The van der Waals surface area contributed by atoms with E-state index in [1.807, 2.05) is 36.4 Å². The van der Waals surface area contributed by atoms with Gasteiger partial charge < -0.3 is 19.5 Å². The second-order valence-corrected chi connectivity index (χ2v) is 10.0. The van der Waals surface area contributed by atoms with E-state index in [4.69, 9.17) is 14.2 Å². The molecule has 2 aromatic carbocycles. The van der Waals surface area contributed by atoms with Gasteiger partial charge in [0.25, 0.3) is 0 Å². The molecule has 0 unspecified atom stereocenters. The van der Waals surface area contributed by atoms with E-state index < -0.39 is 0 Å². The third kappa shape index (κ3) is 4.51. The summed E-state index contributed by atoms with van der Waals surface area (Å²) in [4.78, 5) is 37.9. The van der Waals surface area contributed by atoms with Crippen LogP contribution in [-0.4, -0.2) is 78.1 Å². The van der Waals surface area contributed by atoms with Crippen molar-refractivity contribution in [3.05, 3.63) is 42.7 Å². The number of nitrogens with zero attached hydrogens (tertiary/aromatic N) is 4. The molecule has 36 heavy (non-hydrogen) atoms. The van der Waals surface area contributed by atoms with Gasteiger partial charge in [-0.05, 0) is 42.8 Å². The van der Waals surface area contributed by atoms with Gasteiger partial charge in [0, 0.05) is 30.2 Å². The highest BCUT2D eigenvalue weighted by atomic mass is 32.2. The molecule has 186 valence electrons. The molecule has 0 spiro atoms. The number of likely N-dealkylation sites (tertiary alicyclic amines) is 1. The van der Waals surface area contributed by atoms with Gasteiger partial charge in [0.1, 0.15) is 24.3 Å². The molecule has 0 radical (unpaired) electrons. The molecule has 0 saturated carbocycles. The molecular weight excluding hydrogens is 482 g/mol. The number of methoxy groups -OCH3 is 1. The first-order chi connectivity index (χ1) is 17.6. The number of hydrogen-bond donors (Lipinski definition) is 1. The molecule has 2 saturated heterocycles. The SMILES string of the molecule is COc1ccc2ncnc(O[C@@H]3CCN(C[C@@H]4CN(c5ccc6c(c5)NC(=O)CS6)C(=O)O4)C3)c2c1. The van der Waals surface area contributed by atoms with Crippen LogP contribution in [0.15, 0.2) is 47.6 Å². The summed E-state index contributed by atoms with van der Waals surface area (Å²) in [6, 6.07) is 11.3. The van der Waals surface area contributed by atoms with Crippen LogP contribution in [0.5, 0.6) is 11.6 Å². The van der Waals surface area contributed by atoms with E-state index in [1.165, 1.54) is 18.1 Å². The van der Waals surface area contributed by atoms with Crippen molar-refractivity contribution in [1.29, 1.82) is 0 Å². The normalized spacial score (nSPS) is 21.9. The average Bonchev–Trinajstić information content (AvgIpc) is 3.49. The van der Waals surface area contributed by atoms with E-state index in [0.717, 1.165) is 45.9 Å². The Hall–Kier alpha value is -3.57. The fourth-order valence-electron chi connectivity index (χ4n) is 4.80. The zero-order valence-corrected chi connectivity index (χ0v) is 20.5. The second-order valence-electron chi connectivity index (χ2n) is 8.98. The summed E-state index contributed by atoms with van der Waals surface area (Å²) >= 11 is 1.49. The minimum absolute atomic E-state index is 0.0238. The van der Waals surface area contributed by atoms with Crippen molar-refractivity contribution >= 4 is 46.0 Å². The van der Waals surface area contributed by atoms with Gasteiger partial charge in [-0.1, -0.05) is 0 Å². The van der Waals surface area contributed by atoms with Crippen LogP contribution in [0.25, 0.3) is 10.9 Å². The van der Waals surface area contributed by atoms with Crippen LogP contribution < -0.4 is 19.7 Å². The number of fused-ring (bicyclic) bond motifs is 2. The predicted octanol–water partition coefficient (Wildman–Crippen LogP) is 3.16. The number of thioether (sulfide) groups is 1. The van der Waals surface area contributed by atoms with Crippen LogP contribution in [0.3, 0.4) is 0 Å². The molecule has 2 amide bonds. The van der Waals surface area contributed by atoms with Crippen LogP contribution in [0.2, 0.25) is 0 Å². The van der Waals surface area contributed by atoms with E-state index in [0.29, 0.717) is 31.3 Å². The van der Waals surface area contributed by atoms with Crippen LogP contribution >= 0.6 is 11.8 Å². The number of amides is 2. The van der Waals surface area contributed by atoms with Gasteiger partial charge in [-0.15, -0.1) is 11.8 Å². The predicted molar refractivity (Wildman–Crippen MR) is 135 cm³/mol. The first-order valence-electron chi connectivity index (χ1n) is 11.8. The van der Waals surface area contributed by atoms with Crippen molar-refractivity contribution in [3.63, 3.8) is 0 Å². The smallest absolute Gasteiger partial charge is 0.414 e. The quantitative estimate of drug-likeness (QED) is 0.538. The van der Waals surface area contributed by atoms with E-state index in [2.05, 4.69) is 20.2 Å². The Kier molecular flexibility index (Phi) is 6.02. The Labute approximate surface area is 211 Å². The molecule has 3 aromatic rings. The Bertz CT molecular complexity index is 1340. The molecule has 1 N–H and O–H groups in total. The zero-order valence-electron chi connectivity index (χ0n) is 19.7. The van der Waals surface area contributed by atoms with Crippen molar-refractivity contribution in [2.45, 2.75) is 23.5 Å². The fraction of sp³-hybridized carbons (Fsp3) is 0.360. The molecular formula is C25H25N5O5S. The van der Waals surface area contributed by atoms with Gasteiger partial charge in [-0.2, -0.15) is 0 Å². The van der Waals surface area contributed by atoms with Crippen LogP contribution in [-0.2, 0) is 9.53 Å². The van der Waals surface area contributed by atoms with E-state index in [9.17, 15) is 9.59 Å². The number of rotatable bonds is 6. The zero-order chi connectivity index (χ0) is 24.6. The minimum atomic E-state index is -0.372. The van der Waals surface area contributed by atoms with Crippen molar-refractivity contribution < 1.29 is 23.8 Å². The van der Waals surface area contributed by atoms with Crippen molar-refractivity contribution in [2.75, 3.05) is 49.3 Å². The number of carbonyl (C=O) groups is 2. The molecule has 0 bridgehead atoms. The largest absolute Gasteiger partial charge is 0.497 e. The molecule has 10 nitrogen and oxygen atoms in total. The molecule has 1 aromatic heterocycles. The molecule has 4 heterocycles. The highest BCUT2D eigenvalue weighted by molar-refractivity contribution is 8.00. The van der Waals surface area contributed by atoms with Crippen LogP contribution in [0.4, 0.5) is 16.2 Å². The molecule has 2 atom stereocenters. The molecule has 2 fully saturated rings. The van der Waals surface area contributed by atoms with E-state index in [1.54, 1.807) is 12.0 Å². The lowest BCUT2D eigenvalue weighted by Gasteiger charge is -2.21. The third-order valence-corrected chi connectivity index (χ3v) is 7.63. The van der Waals surface area contributed by atoms with E-state index in [-0.39, 0.29) is 24.2 Å². The highest BCUT2D eigenvalue weighted by Crippen LogP contribution is 2.35. The maximum absolute atomic E-state index is 12.6.